The Bertz CT molecular complexity index is 890. The number of carbonyl (C=O) groups excluding carboxylic acids is 2. The molecule has 0 aliphatic carbocycles. The first kappa shape index (κ1) is 18.7. The number of primary amides is 1. The fourth-order valence-electron chi connectivity index (χ4n) is 4.63. The fraction of sp³-hybridized carbons (Fsp3) is 0.500. The largest absolute Gasteiger partial charge is 0.366 e. The van der Waals surface area contributed by atoms with Gasteiger partial charge in [-0.3, -0.25) is 9.59 Å². The molecule has 148 valence electrons. The van der Waals surface area contributed by atoms with Crippen LogP contribution in [0.5, 0.6) is 0 Å². The van der Waals surface area contributed by atoms with Gasteiger partial charge in [0, 0.05) is 37.0 Å². The minimum Gasteiger partial charge on any atom is -0.366 e. The summed E-state index contributed by atoms with van der Waals surface area (Å²) < 4.78 is 2.31. The summed E-state index contributed by atoms with van der Waals surface area (Å²) in [6, 6.07) is 7.40. The second kappa shape index (κ2) is 7.08. The molecule has 2 N–H and O–H groups in total. The average Bonchev–Trinajstić information content (AvgIpc) is 3.24. The van der Waals surface area contributed by atoms with Gasteiger partial charge in [-0.2, -0.15) is 0 Å². The van der Waals surface area contributed by atoms with E-state index in [2.05, 4.69) is 18.4 Å². The zero-order valence-corrected chi connectivity index (χ0v) is 16.6. The van der Waals surface area contributed by atoms with Gasteiger partial charge in [0.2, 0.25) is 11.8 Å². The normalized spacial score (nSPS) is 17.9. The number of rotatable bonds is 4. The van der Waals surface area contributed by atoms with Crippen molar-refractivity contribution in [3.63, 3.8) is 0 Å². The first-order valence-corrected chi connectivity index (χ1v) is 10.1. The maximum absolute atomic E-state index is 12.4. The van der Waals surface area contributed by atoms with Gasteiger partial charge in [0.05, 0.1) is 11.9 Å². The van der Waals surface area contributed by atoms with E-state index in [-0.39, 0.29) is 11.3 Å². The number of amides is 2. The summed E-state index contributed by atoms with van der Waals surface area (Å²) in [5.41, 5.74) is 8.07. The van der Waals surface area contributed by atoms with E-state index in [1.807, 2.05) is 23.2 Å². The minimum atomic E-state index is -0.414. The molecule has 1 spiro atoms. The van der Waals surface area contributed by atoms with Crippen molar-refractivity contribution >= 4 is 11.8 Å². The van der Waals surface area contributed by atoms with Crippen LogP contribution in [0, 0.1) is 5.92 Å². The molecule has 0 bridgehead atoms. The predicted octanol–water partition coefficient (Wildman–Crippen LogP) is 2.96. The molecular formula is C22H28N4O2. The first-order chi connectivity index (χ1) is 13.4. The predicted molar refractivity (Wildman–Crippen MR) is 108 cm³/mol. The maximum atomic E-state index is 12.4. The number of fused-ring (bicyclic) bond motifs is 2. The van der Waals surface area contributed by atoms with Crippen molar-refractivity contribution in [2.45, 2.75) is 51.5 Å². The molecule has 1 aromatic heterocycles. The Morgan fingerprint density at radius 3 is 2.36 bits per heavy atom. The van der Waals surface area contributed by atoms with Gasteiger partial charge < -0.3 is 15.2 Å². The monoisotopic (exact) mass is 380 g/mol. The quantitative estimate of drug-likeness (QED) is 0.885. The van der Waals surface area contributed by atoms with Crippen LogP contribution in [0.15, 0.2) is 30.5 Å². The second-order valence-corrected chi connectivity index (χ2v) is 8.57. The molecule has 0 atom stereocenters. The molecule has 0 saturated carbocycles. The third kappa shape index (κ3) is 3.21. The van der Waals surface area contributed by atoms with Crippen LogP contribution in [0.4, 0.5) is 0 Å². The third-order valence-corrected chi connectivity index (χ3v) is 6.27. The van der Waals surface area contributed by atoms with Crippen LogP contribution < -0.4 is 5.73 Å². The highest BCUT2D eigenvalue weighted by Crippen LogP contribution is 2.44. The van der Waals surface area contributed by atoms with E-state index in [9.17, 15) is 9.59 Å². The molecule has 2 aliphatic heterocycles. The molecule has 0 unspecified atom stereocenters. The number of imidazole rings is 1. The van der Waals surface area contributed by atoms with E-state index < -0.39 is 5.91 Å². The van der Waals surface area contributed by atoms with Gasteiger partial charge in [0.15, 0.2) is 0 Å². The summed E-state index contributed by atoms with van der Waals surface area (Å²) in [4.78, 5) is 30.5. The fourth-order valence-corrected chi connectivity index (χ4v) is 4.63. The van der Waals surface area contributed by atoms with Crippen molar-refractivity contribution in [1.82, 2.24) is 14.5 Å². The van der Waals surface area contributed by atoms with Crippen molar-refractivity contribution in [3.05, 3.63) is 41.9 Å². The Labute approximate surface area is 165 Å². The number of hydrogen-bond acceptors (Lipinski definition) is 3. The third-order valence-electron chi connectivity index (χ3n) is 6.27. The Hall–Kier alpha value is -2.63. The number of benzene rings is 1. The average molecular weight is 380 g/mol. The molecule has 2 aromatic rings. The number of nitrogens with zero attached hydrogens (tertiary/aromatic N) is 3. The lowest BCUT2D eigenvalue weighted by atomic mass is 9.76. The van der Waals surface area contributed by atoms with Gasteiger partial charge in [-0.05, 0) is 42.9 Å². The van der Waals surface area contributed by atoms with Crippen LogP contribution in [0.2, 0.25) is 0 Å². The molecule has 3 heterocycles. The molecule has 2 aliphatic rings. The summed E-state index contributed by atoms with van der Waals surface area (Å²) in [6.45, 7) is 6.77. The van der Waals surface area contributed by atoms with Crippen molar-refractivity contribution in [1.29, 1.82) is 0 Å². The summed E-state index contributed by atoms with van der Waals surface area (Å²) in [5.74, 6) is 1.42. The van der Waals surface area contributed by atoms with Crippen LogP contribution in [0.1, 0.15) is 55.7 Å². The second-order valence-electron chi connectivity index (χ2n) is 8.57. The van der Waals surface area contributed by atoms with Crippen molar-refractivity contribution < 1.29 is 9.59 Å². The molecule has 6 nitrogen and oxygen atoms in total. The molecule has 1 saturated heterocycles. The maximum Gasteiger partial charge on any atom is 0.248 e. The van der Waals surface area contributed by atoms with Crippen LogP contribution in [0.3, 0.4) is 0 Å². The Morgan fingerprint density at radius 1 is 1.11 bits per heavy atom. The van der Waals surface area contributed by atoms with Crippen LogP contribution in [0.25, 0.3) is 11.3 Å². The highest BCUT2D eigenvalue weighted by molar-refractivity contribution is 5.93. The molecule has 6 heteroatoms. The Balaban J connectivity index is 1.52. The summed E-state index contributed by atoms with van der Waals surface area (Å²) in [5, 5.41) is 0. The number of aromatic nitrogens is 2. The molecular weight excluding hydrogens is 352 g/mol. The minimum absolute atomic E-state index is 0.0834. The highest BCUT2D eigenvalue weighted by atomic mass is 16.2. The van der Waals surface area contributed by atoms with E-state index in [0.717, 1.165) is 56.0 Å². The molecule has 1 fully saturated rings. The van der Waals surface area contributed by atoms with Crippen LogP contribution >= 0.6 is 0 Å². The summed E-state index contributed by atoms with van der Waals surface area (Å²) in [6.07, 6.45) is 5.61. The topological polar surface area (TPSA) is 81.2 Å². The molecule has 28 heavy (non-hydrogen) atoms. The standard InChI is InChI=1S/C22H28N4O2/c1-15(2)13-19(27)25-10-7-22(8-11-25)9-12-26-18(14-24-21(22)26)16-3-5-17(6-4-16)20(23)28/h3-6,14-15H,7-13H2,1-2H3,(H2,23,28). The van der Waals surface area contributed by atoms with Gasteiger partial charge in [0.1, 0.15) is 5.82 Å². The van der Waals surface area contributed by atoms with Crippen molar-refractivity contribution in [2.75, 3.05) is 13.1 Å². The van der Waals surface area contributed by atoms with Gasteiger partial charge in [-0.1, -0.05) is 26.0 Å². The van der Waals surface area contributed by atoms with E-state index >= 15 is 0 Å². The number of carbonyl (C=O) groups is 2. The number of hydrogen-bond donors (Lipinski definition) is 1. The van der Waals surface area contributed by atoms with E-state index in [1.54, 1.807) is 12.1 Å². The lowest BCUT2D eigenvalue weighted by Crippen LogP contribution is -2.44. The van der Waals surface area contributed by atoms with Gasteiger partial charge in [-0.25, -0.2) is 4.98 Å². The lowest BCUT2D eigenvalue weighted by molar-refractivity contribution is -0.133. The number of piperidine rings is 1. The number of likely N-dealkylation sites (tertiary alicyclic amines) is 1. The SMILES string of the molecule is CC(C)CC(=O)N1CCC2(CC1)CCn1c(-c3ccc(C(N)=O)cc3)cnc12. The molecule has 1 aromatic carbocycles. The summed E-state index contributed by atoms with van der Waals surface area (Å²) >= 11 is 0. The van der Waals surface area contributed by atoms with Crippen LogP contribution in [-0.4, -0.2) is 39.4 Å². The van der Waals surface area contributed by atoms with E-state index in [1.165, 1.54) is 0 Å². The smallest absolute Gasteiger partial charge is 0.248 e. The number of nitrogens with two attached hydrogens (primary N) is 1. The Morgan fingerprint density at radius 2 is 1.75 bits per heavy atom. The highest BCUT2D eigenvalue weighted by Gasteiger charge is 2.44. The van der Waals surface area contributed by atoms with Gasteiger partial charge in [0.25, 0.3) is 0 Å². The van der Waals surface area contributed by atoms with Crippen molar-refractivity contribution in [2.24, 2.45) is 11.7 Å². The molecule has 2 amide bonds. The first-order valence-electron chi connectivity index (χ1n) is 10.1. The molecule has 4 rings (SSSR count). The van der Waals surface area contributed by atoms with E-state index in [4.69, 9.17) is 10.7 Å². The zero-order valence-electron chi connectivity index (χ0n) is 16.6. The zero-order chi connectivity index (χ0) is 19.9. The van der Waals surface area contributed by atoms with E-state index in [0.29, 0.717) is 17.9 Å². The lowest BCUT2D eigenvalue weighted by Gasteiger charge is -2.38. The summed E-state index contributed by atoms with van der Waals surface area (Å²) in [7, 11) is 0. The van der Waals surface area contributed by atoms with Gasteiger partial charge in [-0.15, -0.1) is 0 Å². The van der Waals surface area contributed by atoms with Crippen LogP contribution in [-0.2, 0) is 16.8 Å². The van der Waals surface area contributed by atoms with Crippen molar-refractivity contribution in [3.8, 4) is 11.3 Å². The molecule has 0 radical (unpaired) electrons. The Kier molecular flexibility index (Phi) is 4.73. The van der Waals surface area contributed by atoms with Gasteiger partial charge >= 0.3 is 0 Å².